The standard InChI is InChI=1S/C16H22N4O2/c21-15-9-12(10-19(15)13-4-5-13)16(22)18-7-1-3-14(11-18)20-8-2-6-17-20/h2,6,8,12-14H,1,3-5,7,9-11H2/t12-,14+/m1/s1. The van der Waals surface area contributed by atoms with E-state index in [-0.39, 0.29) is 23.8 Å². The van der Waals surface area contributed by atoms with Crippen LogP contribution in [0, 0.1) is 5.92 Å². The minimum atomic E-state index is -0.135. The molecule has 2 atom stereocenters. The lowest BCUT2D eigenvalue weighted by atomic mass is 10.0. The van der Waals surface area contributed by atoms with E-state index in [2.05, 4.69) is 5.10 Å². The first-order valence-electron chi connectivity index (χ1n) is 8.30. The Labute approximate surface area is 130 Å². The van der Waals surface area contributed by atoms with Crippen LogP contribution in [0.3, 0.4) is 0 Å². The van der Waals surface area contributed by atoms with Crippen LogP contribution in [0.1, 0.15) is 38.1 Å². The molecule has 2 amide bonds. The van der Waals surface area contributed by atoms with Crippen molar-refractivity contribution in [2.24, 2.45) is 5.92 Å². The molecule has 3 heterocycles. The molecule has 22 heavy (non-hydrogen) atoms. The van der Waals surface area contributed by atoms with Gasteiger partial charge in [-0.05, 0) is 31.7 Å². The van der Waals surface area contributed by atoms with E-state index < -0.39 is 0 Å². The molecule has 0 N–H and O–H groups in total. The summed E-state index contributed by atoms with van der Waals surface area (Å²) in [5.74, 6) is 0.194. The van der Waals surface area contributed by atoms with Crippen molar-refractivity contribution in [3.63, 3.8) is 0 Å². The van der Waals surface area contributed by atoms with E-state index in [9.17, 15) is 9.59 Å². The molecule has 0 bridgehead atoms. The number of nitrogens with zero attached hydrogens (tertiary/aromatic N) is 4. The molecule has 3 fully saturated rings. The molecule has 6 nitrogen and oxygen atoms in total. The van der Waals surface area contributed by atoms with Crippen molar-refractivity contribution in [1.29, 1.82) is 0 Å². The monoisotopic (exact) mass is 302 g/mol. The molecule has 3 aliphatic rings. The van der Waals surface area contributed by atoms with Gasteiger partial charge in [0.15, 0.2) is 0 Å². The minimum Gasteiger partial charge on any atom is -0.340 e. The van der Waals surface area contributed by atoms with Crippen molar-refractivity contribution in [2.45, 2.75) is 44.2 Å². The van der Waals surface area contributed by atoms with Gasteiger partial charge in [0.1, 0.15) is 0 Å². The second kappa shape index (κ2) is 5.41. The van der Waals surface area contributed by atoms with Crippen LogP contribution in [0.4, 0.5) is 0 Å². The van der Waals surface area contributed by atoms with Gasteiger partial charge in [-0.3, -0.25) is 14.3 Å². The Bertz CT molecular complexity index is 567. The number of amides is 2. The molecule has 1 saturated carbocycles. The van der Waals surface area contributed by atoms with Crippen molar-refractivity contribution >= 4 is 11.8 Å². The number of aromatic nitrogens is 2. The van der Waals surface area contributed by atoms with Crippen LogP contribution in [0.2, 0.25) is 0 Å². The summed E-state index contributed by atoms with van der Waals surface area (Å²) in [4.78, 5) is 28.7. The van der Waals surface area contributed by atoms with E-state index in [1.807, 2.05) is 26.7 Å². The van der Waals surface area contributed by atoms with Gasteiger partial charge in [-0.15, -0.1) is 0 Å². The number of hydrogen-bond donors (Lipinski definition) is 0. The van der Waals surface area contributed by atoms with Crippen LogP contribution in [0.15, 0.2) is 18.5 Å². The van der Waals surface area contributed by atoms with Gasteiger partial charge in [-0.25, -0.2) is 0 Å². The van der Waals surface area contributed by atoms with Gasteiger partial charge in [0, 0.05) is 44.5 Å². The van der Waals surface area contributed by atoms with Crippen molar-refractivity contribution in [2.75, 3.05) is 19.6 Å². The molecule has 0 unspecified atom stereocenters. The molecule has 6 heteroatoms. The van der Waals surface area contributed by atoms with Gasteiger partial charge in [0.2, 0.25) is 11.8 Å². The van der Waals surface area contributed by atoms with Crippen molar-refractivity contribution in [1.82, 2.24) is 19.6 Å². The number of carbonyl (C=O) groups is 2. The van der Waals surface area contributed by atoms with E-state index in [0.717, 1.165) is 32.2 Å². The van der Waals surface area contributed by atoms with Gasteiger partial charge >= 0.3 is 0 Å². The second-order valence-electron chi connectivity index (χ2n) is 6.74. The Morgan fingerprint density at radius 3 is 2.77 bits per heavy atom. The molecule has 0 aromatic carbocycles. The van der Waals surface area contributed by atoms with E-state index in [4.69, 9.17) is 0 Å². The van der Waals surface area contributed by atoms with E-state index >= 15 is 0 Å². The minimum absolute atomic E-state index is 0.135. The van der Waals surface area contributed by atoms with Gasteiger partial charge in [-0.1, -0.05) is 0 Å². The predicted molar refractivity (Wildman–Crippen MR) is 79.9 cm³/mol. The summed E-state index contributed by atoms with van der Waals surface area (Å²) in [7, 11) is 0. The molecule has 1 aromatic rings. The zero-order chi connectivity index (χ0) is 15.1. The Kier molecular flexibility index (Phi) is 3.39. The quantitative estimate of drug-likeness (QED) is 0.839. The summed E-state index contributed by atoms with van der Waals surface area (Å²) in [5.41, 5.74) is 0. The number of piperidine rings is 1. The van der Waals surface area contributed by atoms with Gasteiger partial charge in [-0.2, -0.15) is 5.10 Å². The third-order valence-corrected chi connectivity index (χ3v) is 5.10. The highest BCUT2D eigenvalue weighted by molar-refractivity contribution is 5.89. The van der Waals surface area contributed by atoms with Crippen molar-refractivity contribution in [3.05, 3.63) is 18.5 Å². The first-order chi connectivity index (χ1) is 10.7. The third kappa shape index (κ3) is 2.51. The van der Waals surface area contributed by atoms with Crippen LogP contribution in [-0.2, 0) is 9.59 Å². The molecule has 0 radical (unpaired) electrons. The fourth-order valence-corrected chi connectivity index (χ4v) is 3.76. The Morgan fingerprint density at radius 2 is 2.05 bits per heavy atom. The normalized spacial score (nSPS) is 29.2. The lowest BCUT2D eigenvalue weighted by Crippen LogP contribution is -2.44. The van der Waals surface area contributed by atoms with Crippen LogP contribution >= 0.6 is 0 Å². The summed E-state index contributed by atoms with van der Waals surface area (Å²) in [6, 6.07) is 2.61. The van der Waals surface area contributed by atoms with Crippen LogP contribution in [0.5, 0.6) is 0 Å². The van der Waals surface area contributed by atoms with E-state index in [1.54, 1.807) is 6.20 Å². The van der Waals surface area contributed by atoms with Gasteiger partial charge in [0.25, 0.3) is 0 Å². The highest BCUT2D eigenvalue weighted by atomic mass is 16.2. The lowest BCUT2D eigenvalue weighted by Gasteiger charge is -2.34. The summed E-state index contributed by atoms with van der Waals surface area (Å²) in [5, 5.41) is 4.30. The lowest BCUT2D eigenvalue weighted by molar-refractivity contribution is -0.137. The third-order valence-electron chi connectivity index (χ3n) is 5.10. The largest absolute Gasteiger partial charge is 0.340 e. The highest BCUT2D eigenvalue weighted by Crippen LogP contribution is 2.33. The first kappa shape index (κ1) is 13.8. The van der Waals surface area contributed by atoms with Crippen molar-refractivity contribution < 1.29 is 9.59 Å². The predicted octanol–water partition coefficient (Wildman–Crippen LogP) is 1.06. The SMILES string of the molecule is O=C([C@@H]1CC(=O)N(C2CC2)C1)N1CCC[C@H](n2cccn2)C1. The zero-order valence-corrected chi connectivity index (χ0v) is 12.7. The molecule has 118 valence electrons. The van der Waals surface area contributed by atoms with Crippen LogP contribution in [0.25, 0.3) is 0 Å². The number of hydrogen-bond acceptors (Lipinski definition) is 3. The number of likely N-dealkylation sites (tertiary alicyclic amines) is 2. The second-order valence-corrected chi connectivity index (χ2v) is 6.74. The summed E-state index contributed by atoms with van der Waals surface area (Å²) in [6.07, 6.45) is 8.43. The summed E-state index contributed by atoms with van der Waals surface area (Å²) >= 11 is 0. The summed E-state index contributed by atoms with van der Waals surface area (Å²) in [6.45, 7) is 2.16. The van der Waals surface area contributed by atoms with Gasteiger partial charge < -0.3 is 9.80 Å². The molecule has 2 aliphatic heterocycles. The average Bonchev–Trinajstić information content (AvgIpc) is 3.09. The maximum atomic E-state index is 12.8. The first-order valence-corrected chi connectivity index (χ1v) is 8.30. The summed E-state index contributed by atoms with van der Waals surface area (Å²) < 4.78 is 1.95. The Balaban J connectivity index is 1.41. The van der Waals surface area contributed by atoms with E-state index in [1.165, 1.54) is 0 Å². The van der Waals surface area contributed by atoms with Crippen LogP contribution in [-0.4, -0.2) is 57.1 Å². The van der Waals surface area contributed by atoms with Crippen LogP contribution < -0.4 is 0 Å². The topological polar surface area (TPSA) is 58.4 Å². The Hall–Kier alpha value is -1.85. The smallest absolute Gasteiger partial charge is 0.228 e. The molecule has 4 rings (SSSR count). The van der Waals surface area contributed by atoms with Crippen molar-refractivity contribution in [3.8, 4) is 0 Å². The zero-order valence-electron chi connectivity index (χ0n) is 12.7. The molecular formula is C16H22N4O2. The maximum Gasteiger partial charge on any atom is 0.228 e. The molecule has 0 spiro atoms. The molecule has 1 aliphatic carbocycles. The average molecular weight is 302 g/mol. The highest BCUT2D eigenvalue weighted by Gasteiger charge is 2.43. The molecule has 1 aromatic heterocycles. The fourth-order valence-electron chi connectivity index (χ4n) is 3.76. The number of carbonyl (C=O) groups excluding carboxylic acids is 2. The number of rotatable bonds is 3. The molecule has 2 saturated heterocycles. The Morgan fingerprint density at radius 1 is 1.18 bits per heavy atom. The van der Waals surface area contributed by atoms with E-state index in [0.29, 0.717) is 25.6 Å². The molecular weight excluding hydrogens is 280 g/mol. The van der Waals surface area contributed by atoms with Gasteiger partial charge in [0.05, 0.1) is 12.0 Å². The fraction of sp³-hybridized carbons (Fsp3) is 0.688. The maximum absolute atomic E-state index is 12.8.